The molecule has 0 bridgehead atoms. The predicted molar refractivity (Wildman–Crippen MR) is 155 cm³/mol. The van der Waals surface area contributed by atoms with Gasteiger partial charge in [-0.15, -0.1) is 0 Å². The third-order valence-corrected chi connectivity index (χ3v) is 6.65. The fraction of sp³-hybridized carbons (Fsp3) is 0.267. The van der Waals surface area contributed by atoms with Gasteiger partial charge in [-0.25, -0.2) is 4.79 Å². The summed E-state index contributed by atoms with van der Waals surface area (Å²) in [5, 5.41) is 4.08. The van der Waals surface area contributed by atoms with Crippen molar-refractivity contribution in [2.45, 2.75) is 24.4 Å². The summed E-state index contributed by atoms with van der Waals surface area (Å²) >= 11 is 3.75. The van der Waals surface area contributed by atoms with E-state index in [0.29, 0.717) is 32.0 Å². The Morgan fingerprint density at radius 3 is 2.32 bits per heavy atom. The zero-order valence-corrected chi connectivity index (χ0v) is 22.9. The van der Waals surface area contributed by atoms with Crippen molar-refractivity contribution in [3.8, 4) is 0 Å². The lowest BCUT2D eigenvalue weighted by Crippen LogP contribution is -2.30. The Balaban J connectivity index is 1.47. The highest BCUT2D eigenvalue weighted by Crippen LogP contribution is 2.22. The summed E-state index contributed by atoms with van der Waals surface area (Å²) in [4.78, 5) is 20.0. The molecule has 0 saturated carbocycles. The summed E-state index contributed by atoms with van der Waals surface area (Å²) in [5.74, 6) is 0.682. The van der Waals surface area contributed by atoms with Crippen molar-refractivity contribution < 1.29 is 9.53 Å². The molecule has 0 radical (unpaired) electrons. The highest BCUT2D eigenvalue weighted by atomic mass is 79.9. The van der Waals surface area contributed by atoms with Gasteiger partial charge < -0.3 is 15.0 Å². The van der Waals surface area contributed by atoms with E-state index in [0.717, 1.165) is 34.1 Å². The molecule has 0 spiro atoms. The van der Waals surface area contributed by atoms with Crippen LogP contribution in [-0.2, 0) is 24.3 Å². The Hall–Kier alpha value is -3.42. The van der Waals surface area contributed by atoms with Crippen molar-refractivity contribution in [2.24, 2.45) is 4.99 Å². The lowest BCUT2D eigenvalue weighted by Gasteiger charge is -2.18. The van der Waals surface area contributed by atoms with Gasteiger partial charge in [0.05, 0.1) is 5.52 Å². The van der Waals surface area contributed by atoms with E-state index >= 15 is 0 Å². The van der Waals surface area contributed by atoms with Gasteiger partial charge in [0.15, 0.2) is 5.90 Å². The van der Waals surface area contributed by atoms with Crippen molar-refractivity contribution in [2.75, 3.05) is 27.2 Å². The summed E-state index contributed by atoms with van der Waals surface area (Å²) in [6, 6.07) is 27.9. The third-order valence-electron chi connectivity index (χ3n) is 5.97. The molecule has 1 unspecified atom stereocenters. The molecule has 6 nitrogen and oxygen atoms in total. The van der Waals surface area contributed by atoms with Crippen LogP contribution in [0, 0.1) is 0 Å². The molecule has 4 rings (SSSR count). The summed E-state index contributed by atoms with van der Waals surface area (Å²) in [7, 11) is 4.06. The van der Waals surface area contributed by atoms with Crippen LogP contribution in [-0.4, -0.2) is 53.4 Å². The molecule has 1 atom stereocenters. The number of rotatable bonds is 10. The maximum absolute atomic E-state index is 13.0. The van der Waals surface area contributed by atoms with Gasteiger partial charge >= 0.3 is 6.03 Å². The van der Waals surface area contributed by atoms with E-state index < -0.39 is 0 Å². The number of halogens is 1. The SMILES string of the molecule is CN(C)CC(Br)C(=NCCc1cn(C(=O)NCc2ccccc2)c2ccccc12)OCc1ccccc1. The van der Waals surface area contributed by atoms with Crippen LogP contribution in [0.3, 0.4) is 0 Å². The van der Waals surface area contributed by atoms with Gasteiger partial charge in [-0.3, -0.25) is 9.56 Å². The smallest absolute Gasteiger partial charge is 0.326 e. The molecule has 7 heteroatoms. The number of ether oxygens (including phenoxy) is 1. The molecule has 37 heavy (non-hydrogen) atoms. The first-order chi connectivity index (χ1) is 18.0. The molecule has 1 N–H and O–H groups in total. The minimum Gasteiger partial charge on any atom is -0.475 e. The second-order valence-electron chi connectivity index (χ2n) is 9.16. The van der Waals surface area contributed by atoms with E-state index in [1.54, 1.807) is 4.57 Å². The molecule has 1 aromatic heterocycles. The number of alkyl halides is 1. The van der Waals surface area contributed by atoms with E-state index in [2.05, 4.69) is 32.2 Å². The molecule has 1 heterocycles. The van der Waals surface area contributed by atoms with E-state index in [9.17, 15) is 4.79 Å². The molecule has 3 aromatic carbocycles. The van der Waals surface area contributed by atoms with E-state index in [1.165, 1.54) is 0 Å². The number of amides is 1. The number of carbonyl (C=O) groups is 1. The highest BCUT2D eigenvalue weighted by Gasteiger charge is 2.17. The van der Waals surface area contributed by atoms with Gasteiger partial charge in [0.25, 0.3) is 0 Å². The average Bonchev–Trinajstić information content (AvgIpc) is 3.28. The molecule has 4 aromatic rings. The number of benzene rings is 3. The lowest BCUT2D eigenvalue weighted by molar-refractivity contribution is 0.243. The molecule has 0 aliphatic carbocycles. The number of nitrogens with one attached hydrogen (secondary N) is 1. The van der Waals surface area contributed by atoms with Gasteiger partial charge in [-0.1, -0.05) is 94.8 Å². The van der Waals surface area contributed by atoms with Crippen LogP contribution in [0.5, 0.6) is 0 Å². The Bertz CT molecular complexity index is 1320. The summed E-state index contributed by atoms with van der Waals surface area (Å²) in [6.07, 6.45) is 2.62. The maximum atomic E-state index is 13.0. The highest BCUT2D eigenvalue weighted by molar-refractivity contribution is 9.10. The number of hydrogen-bond acceptors (Lipinski definition) is 4. The summed E-state index contributed by atoms with van der Waals surface area (Å²) < 4.78 is 7.84. The topological polar surface area (TPSA) is 58.9 Å². The minimum absolute atomic E-state index is 0.0173. The lowest BCUT2D eigenvalue weighted by atomic mass is 10.1. The predicted octanol–water partition coefficient (Wildman–Crippen LogP) is 5.88. The average molecular weight is 562 g/mol. The van der Waals surface area contributed by atoms with Gasteiger partial charge in [-0.05, 0) is 43.3 Å². The molecule has 0 aliphatic heterocycles. The fourth-order valence-electron chi connectivity index (χ4n) is 4.13. The number of aromatic nitrogens is 1. The molecule has 1 amide bonds. The molecule has 0 fully saturated rings. The van der Waals surface area contributed by atoms with Crippen LogP contribution in [0.4, 0.5) is 4.79 Å². The molecule has 192 valence electrons. The number of hydrogen-bond donors (Lipinski definition) is 1. The summed E-state index contributed by atoms with van der Waals surface area (Å²) in [6.45, 7) is 2.27. The van der Waals surface area contributed by atoms with Crippen molar-refractivity contribution in [3.63, 3.8) is 0 Å². The number of nitrogens with zero attached hydrogens (tertiary/aromatic N) is 3. The first kappa shape index (κ1) is 26.6. The number of fused-ring (bicyclic) bond motifs is 1. The molecule has 0 saturated heterocycles. The number of para-hydroxylation sites is 1. The summed E-state index contributed by atoms with van der Waals surface area (Å²) in [5.41, 5.74) is 4.13. The van der Waals surface area contributed by atoms with Crippen molar-refractivity contribution in [1.82, 2.24) is 14.8 Å². The third kappa shape index (κ3) is 7.54. The Morgan fingerprint density at radius 1 is 0.973 bits per heavy atom. The maximum Gasteiger partial charge on any atom is 0.326 e. The van der Waals surface area contributed by atoms with Crippen LogP contribution in [0.2, 0.25) is 0 Å². The first-order valence-electron chi connectivity index (χ1n) is 12.4. The van der Waals surface area contributed by atoms with Gasteiger partial charge in [-0.2, -0.15) is 0 Å². The Kier molecular flexibility index (Phi) is 9.52. The molecular formula is C30H33BrN4O2. The second kappa shape index (κ2) is 13.2. The van der Waals surface area contributed by atoms with Gasteiger partial charge in [0, 0.05) is 31.2 Å². The van der Waals surface area contributed by atoms with Crippen LogP contribution in [0.1, 0.15) is 16.7 Å². The Labute approximate surface area is 227 Å². The zero-order valence-electron chi connectivity index (χ0n) is 21.3. The Morgan fingerprint density at radius 2 is 1.62 bits per heavy atom. The quantitative estimate of drug-likeness (QED) is 0.149. The zero-order chi connectivity index (χ0) is 26.0. The second-order valence-corrected chi connectivity index (χ2v) is 10.3. The minimum atomic E-state index is -0.145. The fourth-order valence-corrected chi connectivity index (χ4v) is 4.98. The molecular weight excluding hydrogens is 528 g/mol. The van der Waals surface area contributed by atoms with E-state index in [-0.39, 0.29) is 10.9 Å². The normalized spacial score (nSPS) is 12.6. The first-order valence-corrected chi connectivity index (χ1v) is 13.3. The standard InChI is InChI=1S/C30H33BrN4O2/c1-34(2)21-27(31)29(37-22-24-13-7-4-8-14-24)32-18-17-25-20-35(28-16-10-9-15-26(25)28)30(36)33-19-23-11-5-3-6-12-23/h3-16,20,27H,17-19,21-22H2,1-2H3,(H,33,36). The monoisotopic (exact) mass is 560 g/mol. The largest absolute Gasteiger partial charge is 0.475 e. The van der Waals surface area contributed by atoms with Crippen molar-refractivity contribution in [3.05, 3.63) is 108 Å². The van der Waals surface area contributed by atoms with E-state index in [4.69, 9.17) is 9.73 Å². The number of carbonyl (C=O) groups excluding carboxylic acids is 1. The van der Waals surface area contributed by atoms with Gasteiger partial charge in [0.1, 0.15) is 11.4 Å². The van der Waals surface area contributed by atoms with Crippen molar-refractivity contribution >= 4 is 38.8 Å². The number of aliphatic imine (C=N–C) groups is 1. The van der Waals surface area contributed by atoms with Crippen LogP contribution < -0.4 is 5.32 Å². The van der Waals surface area contributed by atoms with Gasteiger partial charge in [0.2, 0.25) is 0 Å². The van der Waals surface area contributed by atoms with E-state index in [1.807, 2.05) is 99.2 Å². The van der Waals surface area contributed by atoms with Crippen LogP contribution >= 0.6 is 15.9 Å². The van der Waals surface area contributed by atoms with Crippen LogP contribution in [0.15, 0.2) is 96.1 Å². The molecule has 0 aliphatic rings. The van der Waals surface area contributed by atoms with Crippen molar-refractivity contribution in [1.29, 1.82) is 0 Å². The van der Waals surface area contributed by atoms with Crippen LogP contribution in [0.25, 0.3) is 10.9 Å².